The van der Waals surface area contributed by atoms with Gasteiger partial charge in [-0.05, 0) is 37.1 Å². The number of hydrogen-bond acceptors (Lipinski definition) is 3. The number of rotatable bonds is 5. The number of benzene rings is 2. The Kier molecular flexibility index (Phi) is 5.93. The highest BCUT2D eigenvalue weighted by molar-refractivity contribution is 9.10. The molecule has 2 aromatic carbocycles. The first-order valence-electron chi connectivity index (χ1n) is 7.22. The van der Waals surface area contributed by atoms with Crippen molar-refractivity contribution in [3.05, 3.63) is 69.2 Å². The van der Waals surface area contributed by atoms with E-state index in [0.717, 1.165) is 21.2 Å². The van der Waals surface area contributed by atoms with E-state index in [1.165, 1.54) is 0 Å². The molecule has 0 saturated heterocycles. The molecule has 0 spiro atoms. The van der Waals surface area contributed by atoms with Crippen molar-refractivity contribution in [3.63, 3.8) is 0 Å². The Morgan fingerprint density at radius 3 is 2.57 bits per heavy atom. The molecule has 0 aliphatic carbocycles. The number of halogens is 1. The molecule has 23 heavy (non-hydrogen) atoms. The fourth-order valence-corrected chi connectivity index (χ4v) is 2.56. The van der Waals surface area contributed by atoms with Crippen molar-refractivity contribution >= 4 is 27.8 Å². The van der Waals surface area contributed by atoms with Crippen LogP contribution in [0.3, 0.4) is 0 Å². The molecule has 2 aromatic rings. The summed E-state index contributed by atoms with van der Waals surface area (Å²) in [5.74, 6) is -0.822. The van der Waals surface area contributed by atoms with Crippen LogP contribution in [-0.2, 0) is 16.1 Å². The average molecular weight is 376 g/mol. The number of amides is 1. The minimum absolute atomic E-state index is 0.295. The van der Waals surface area contributed by atoms with Gasteiger partial charge < -0.3 is 10.1 Å². The zero-order valence-electron chi connectivity index (χ0n) is 13.1. The quantitative estimate of drug-likeness (QED) is 0.813. The lowest BCUT2D eigenvalue weighted by molar-refractivity contribution is -0.124. The van der Waals surface area contributed by atoms with Gasteiger partial charge in [0, 0.05) is 11.0 Å². The smallest absolute Gasteiger partial charge is 0.338 e. The molecule has 0 aliphatic rings. The second kappa shape index (κ2) is 7.92. The molecule has 0 bridgehead atoms. The fraction of sp³-hybridized carbons (Fsp3) is 0.222. The van der Waals surface area contributed by atoms with Gasteiger partial charge in [0.2, 0.25) is 0 Å². The van der Waals surface area contributed by atoms with Crippen LogP contribution in [0.5, 0.6) is 0 Å². The molecule has 0 aliphatic heterocycles. The van der Waals surface area contributed by atoms with Crippen LogP contribution in [-0.4, -0.2) is 18.5 Å². The Morgan fingerprint density at radius 2 is 1.87 bits per heavy atom. The largest absolute Gasteiger partial charge is 0.452 e. The molecule has 0 aromatic heterocycles. The van der Waals surface area contributed by atoms with E-state index in [1.807, 2.05) is 50.2 Å². The third kappa shape index (κ3) is 4.93. The van der Waals surface area contributed by atoms with E-state index in [2.05, 4.69) is 21.2 Å². The van der Waals surface area contributed by atoms with Gasteiger partial charge in [0.25, 0.3) is 5.91 Å². The Hall–Kier alpha value is -2.14. The molecule has 0 fully saturated rings. The van der Waals surface area contributed by atoms with Gasteiger partial charge in [-0.2, -0.15) is 0 Å². The average Bonchev–Trinajstić information content (AvgIpc) is 2.52. The molecule has 0 radical (unpaired) electrons. The van der Waals surface area contributed by atoms with Crippen LogP contribution >= 0.6 is 15.9 Å². The standard InChI is InChI=1S/C18H18BrNO3/c1-12-7-8-15(13(2)9-12)18(22)23-11-17(21)20-10-14-5-3-4-6-16(14)19/h3-9H,10-11H2,1-2H3,(H,20,21). The summed E-state index contributed by atoms with van der Waals surface area (Å²) in [5.41, 5.74) is 3.35. The van der Waals surface area contributed by atoms with Gasteiger partial charge in [-0.1, -0.05) is 51.8 Å². The second-order valence-corrected chi connectivity index (χ2v) is 6.12. The van der Waals surface area contributed by atoms with E-state index in [1.54, 1.807) is 6.07 Å². The fourth-order valence-electron chi connectivity index (χ4n) is 2.14. The molecule has 0 unspecified atom stereocenters. The molecule has 0 saturated carbocycles. The zero-order valence-corrected chi connectivity index (χ0v) is 14.6. The van der Waals surface area contributed by atoms with Crippen LogP contribution < -0.4 is 5.32 Å². The molecule has 5 heteroatoms. The number of carbonyl (C=O) groups is 2. The SMILES string of the molecule is Cc1ccc(C(=O)OCC(=O)NCc2ccccc2Br)c(C)c1. The first kappa shape index (κ1) is 17.2. The summed E-state index contributed by atoms with van der Waals surface area (Å²) < 4.78 is 5.99. The molecule has 2 rings (SSSR count). The lowest BCUT2D eigenvalue weighted by Gasteiger charge is -2.09. The topological polar surface area (TPSA) is 55.4 Å². The zero-order chi connectivity index (χ0) is 16.8. The van der Waals surface area contributed by atoms with Crippen molar-refractivity contribution in [2.45, 2.75) is 20.4 Å². The number of nitrogens with one attached hydrogen (secondary N) is 1. The van der Waals surface area contributed by atoms with Crippen molar-refractivity contribution < 1.29 is 14.3 Å². The summed E-state index contributed by atoms with van der Waals surface area (Å²) in [4.78, 5) is 23.8. The molecule has 4 nitrogen and oxygen atoms in total. The molecule has 1 amide bonds. The predicted octanol–water partition coefficient (Wildman–Crippen LogP) is 3.54. The van der Waals surface area contributed by atoms with E-state index < -0.39 is 5.97 Å². The number of ether oxygens (including phenoxy) is 1. The molecule has 120 valence electrons. The Bertz CT molecular complexity index is 728. The van der Waals surface area contributed by atoms with Crippen LogP contribution in [0.2, 0.25) is 0 Å². The maximum absolute atomic E-state index is 12.0. The third-order valence-corrected chi connectivity index (χ3v) is 4.14. The maximum Gasteiger partial charge on any atom is 0.338 e. The van der Waals surface area contributed by atoms with Gasteiger partial charge in [0.1, 0.15) is 0 Å². The van der Waals surface area contributed by atoms with Gasteiger partial charge in [0.15, 0.2) is 6.61 Å². The number of hydrogen-bond donors (Lipinski definition) is 1. The summed E-state index contributed by atoms with van der Waals surface area (Å²) >= 11 is 3.42. The minimum Gasteiger partial charge on any atom is -0.452 e. The van der Waals surface area contributed by atoms with Gasteiger partial charge in [-0.15, -0.1) is 0 Å². The molecule has 1 N–H and O–H groups in total. The van der Waals surface area contributed by atoms with Crippen LogP contribution in [0.4, 0.5) is 0 Å². The van der Waals surface area contributed by atoms with Crippen LogP contribution in [0.25, 0.3) is 0 Å². The summed E-state index contributed by atoms with van der Waals surface area (Å²) in [5, 5.41) is 2.72. The first-order valence-corrected chi connectivity index (χ1v) is 8.01. The lowest BCUT2D eigenvalue weighted by atomic mass is 10.1. The van der Waals surface area contributed by atoms with E-state index in [0.29, 0.717) is 12.1 Å². The van der Waals surface area contributed by atoms with Gasteiger partial charge in [-0.25, -0.2) is 4.79 Å². The lowest BCUT2D eigenvalue weighted by Crippen LogP contribution is -2.28. The number of carbonyl (C=O) groups excluding carboxylic acids is 2. The molecule has 0 atom stereocenters. The summed E-state index contributed by atoms with van der Waals surface area (Å²) in [6.45, 7) is 3.88. The van der Waals surface area contributed by atoms with E-state index in [4.69, 9.17) is 4.74 Å². The Labute approximate surface area is 144 Å². The monoisotopic (exact) mass is 375 g/mol. The third-order valence-electron chi connectivity index (χ3n) is 3.37. The van der Waals surface area contributed by atoms with E-state index >= 15 is 0 Å². The summed E-state index contributed by atoms with van der Waals surface area (Å²) in [7, 11) is 0. The van der Waals surface area contributed by atoms with Crippen LogP contribution in [0.1, 0.15) is 27.0 Å². The van der Waals surface area contributed by atoms with Gasteiger partial charge in [-0.3, -0.25) is 4.79 Å². The molecular formula is C18H18BrNO3. The Morgan fingerprint density at radius 1 is 1.13 bits per heavy atom. The van der Waals surface area contributed by atoms with Crippen LogP contribution in [0.15, 0.2) is 46.9 Å². The van der Waals surface area contributed by atoms with Crippen molar-refractivity contribution in [1.82, 2.24) is 5.32 Å². The summed E-state index contributed by atoms with van der Waals surface area (Å²) in [6.07, 6.45) is 0. The highest BCUT2D eigenvalue weighted by atomic mass is 79.9. The number of aryl methyl sites for hydroxylation is 2. The molecule has 0 heterocycles. The van der Waals surface area contributed by atoms with Crippen molar-refractivity contribution in [2.75, 3.05) is 6.61 Å². The first-order chi connectivity index (χ1) is 11.0. The second-order valence-electron chi connectivity index (χ2n) is 5.26. The summed E-state index contributed by atoms with van der Waals surface area (Å²) in [6, 6.07) is 13.1. The number of esters is 1. The van der Waals surface area contributed by atoms with E-state index in [-0.39, 0.29) is 12.5 Å². The normalized spacial score (nSPS) is 10.2. The van der Waals surface area contributed by atoms with Crippen LogP contribution in [0, 0.1) is 13.8 Å². The van der Waals surface area contributed by atoms with E-state index in [9.17, 15) is 9.59 Å². The predicted molar refractivity (Wildman–Crippen MR) is 92.2 cm³/mol. The minimum atomic E-state index is -0.487. The van der Waals surface area contributed by atoms with Crippen molar-refractivity contribution in [1.29, 1.82) is 0 Å². The van der Waals surface area contributed by atoms with Crippen molar-refractivity contribution in [2.24, 2.45) is 0 Å². The van der Waals surface area contributed by atoms with Gasteiger partial charge >= 0.3 is 5.97 Å². The van der Waals surface area contributed by atoms with Crippen molar-refractivity contribution in [3.8, 4) is 0 Å². The Balaban J connectivity index is 1.84. The van der Waals surface area contributed by atoms with Gasteiger partial charge in [0.05, 0.1) is 5.56 Å². The maximum atomic E-state index is 12.0. The molecular weight excluding hydrogens is 358 g/mol. The highest BCUT2D eigenvalue weighted by Crippen LogP contribution is 2.15. The highest BCUT2D eigenvalue weighted by Gasteiger charge is 2.12.